The molecule has 0 aromatic carbocycles. The first-order valence-corrected chi connectivity index (χ1v) is 9.51. The van der Waals surface area contributed by atoms with Gasteiger partial charge in [0.05, 0.1) is 19.1 Å². The largest absolute Gasteiger partial charge is 0.379 e. The smallest absolute Gasteiger partial charge is 0.244 e. The summed E-state index contributed by atoms with van der Waals surface area (Å²) in [5, 5.41) is 0. The molecule has 1 aromatic heterocycles. The number of ether oxygens (including phenoxy) is 1. The topological polar surface area (TPSA) is 106 Å². The zero-order chi connectivity index (χ0) is 17.2. The maximum Gasteiger partial charge on any atom is 0.244 e. The molecule has 0 saturated carbocycles. The van der Waals surface area contributed by atoms with E-state index in [2.05, 4.69) is 4.98 Å². The molecule has 1 atom stereocenters. The van der Waals surface area contributed by atoms with E-state index in [-0.39, 0.29) is 16.7 Å². The van der Waals surface area contributed by atoms with Crippen LogP contribution < -0.4 is 10.6 Å². The van der Waals surface area contributed by atoms with Crippen LogP contribution >= 0.6 is 0 Å². The Labute approximate surface area is 141 Å². The van der Waals surface area contributed by atoms with Crippen molar-refractivity contribution in [3.05, 3.63) is 18.3 Å². The van der Waals surface area contributed by atoms with Crippen LogP contribution in [0.2, 0.25) is 0 Å². The average molecular weight is 354 g/mol. The van der Waals surface area contributed by atoms with Crippen molar-refractivity contribution in [1.82, 2.24) is 9.29 Å². The first-order valence-electron chi connectivity index (χ1n) is 8.07. The van der Waals surface area contributed by atoms with Crippen LogP contribution in [-0.4, -0.2) is 63.0 Å². The van der Waals surface area contributed by atoms with Gasteiger partial charge in [-0.05, 0) is 25.0 Å². The van der Waals surface area contributed by atoms with Gasteiger partial charge in [-0.25, -0.2) is 13.4 Å². The van der Waals surface area contributed by atoms with Crippen molar-refractivity contribution in [2.24, 2.45) is 11.7 Å². The van der Waals surface area contributed by atoms with Crippen molar-refractivity contribution in [2.45, 2.75) is 17.7 Å². The number of nitrogens with two attached hydrogens (primary N) is 1. The van der Waals surface area contributed by atoms with Gasteiger partial charge in [-0.3, -0.25) is 4.79 Å². The standard InChI is InChI=1S/C15H22N4O4S/c16-15(20)12-2-1-5-18(11-12)14-4-3-13(10-17-14)24(21,22)19-6-8-23-9-7-19/h3-4,10,12H,1-2,5-9,11H2,(H2,16,20)/t12-/m1/s1. The van der Waals surface area contributed by atoms with Crippen molar-refractivity contribution in [3.63, 3.8) is 0 Å². The molecule has 24 heavy (non-hydrogen) atoms. The molecule has 0 radical (unpaired) electrons. The third-order valence-electron chi connectivity index (χ3n) is 4.48. The number of pyridine rings is 1. The molecule has 0 aliphatic carbocycles. The van der Waals surface area contributed by atoms with Gasteiger partial charge in [0.15, 0.2) is 0 Å². The quantitative estimate of drug-likeness (QED) is 0.803. The van der Waals surface area contributed by atoms with Gasteiger partial charge in [0.25, 0.3) is 0 Å². The lowest BCUT2D eigenvalue weighted by Crippen LogP contribution is -2.42. The lowest BCUT2D eigenvalue weighted by atomic mass is 9.97. The Kier molecular flexibility index (Phi) is 5.02. The van der Waals surface area contributed by atoms with Crippen LogP contribution in [0.15, 0.2) is 23.2 Å². The van der Waals surface area contributed by atoms with Crippen molar-refractivity contribution in [1.29, 1.82) is 0 Å². The number of amides is 1. The van der Waals surface area contributed by atoms with Crippen molar-refractivity contribution in [2.75, 3.05) is 44.3 Å². The van der Waals surface area contributed by atoms with Crippen LogP contribution in [-0.2, 0) is 19.6 Å². The zero-order valence-electron chi connectivity index (χ0n) is 13.4. The third kappa shape index (κ3) is 3.52. The Balaban J connectivity index is 1.74. The molecule has 2 fully saturated rings. The number of hydrogen-bond acceptors (Lipinski definition) is 6. The summed E-state index contributed by atoms with van der Waals surface area (Å²) in [6, 6.07) is 3.26. The molecule has 3 rings (SSSR count). The van der Waals surface area contributed by atoms with E-state index < -0.39 is 10.0 Å². The fraction of sp³-hybridized carbons (Fsp3) is 0.600. The van der Waals surface area contributed by atoms with E-state index >= 15 is 0 Å². The Morgan fingerprint density at radius 3 is 2.62 bits per heavy atom. The molecule has 0 unspecified atom stereocenters. The number of piperidine rings is 1. The van der Waals surface area contributed by atoms with E-state index in [1.165, 1.54) is 10.5 Å². The number of hydrogen-bond donors (Lipinski definition) is 1. The van der Waals surface area contributed by atoms with Crippen molar-refractivity contribution in [3.8, 4) is 0 Å². The second-order valence-corrected chi connectivity index (χ2v) is 7.99. The molecule has 8 nitrogen and oxygen atoms in total. The molecule has 132 valence electrons. The van der Waals surface area contributed by atoms with Gasteiger partial charge in [-0.2, -0.15) is 4.31 Å². The van der Waals surface area contributed by atoms with Gasteiger partial charge in [0.2, 0.25) is 15.9 Å². The number of carbonyl (C=O) groups is 1. The highest BCUT2D eigenvalue weighted by atomic mass is 32.2. The lowest BCUT2D eigenvalue weighted by Gasteiger charge is -2.32. The first-order chi connectivity index (χ1) is 11.5. The van der Waals surface area contributed by atoms with Crippen LogP contribution in [0.4, 0.5) is 5.82 Å². The highest BCUT2D eigenvalue weighted by molar-refractivity contribution is 7.89. The summed E-state index contributed by atoms with van der Waals surface area (Å²) >= 11 is 0. The van der Waals surface area contributed by atoms with E-state index in [1.807, 2.05) is 4.90 Å². The van der Waals surface area contributed by atoms with Gasteiger partial charge >= 0.3 is 0 Å². The van der Waals surface area contributed by atoms with Crippen LogP contribution in [0.1, 0.15) is 12.8 Å². The van der Waals surface area contributed by atoms with E-state index in [1.54, 1.807) is 12.1 Å². The number of carbonyl (C=O) groups excluding carboxylic acids is 1. The van der Waals surface area contributed by atoms with Gasteiger partial charge in [0, 0.05) is 32.4 Å². The summed E-state index contributed by atoms with van der Waals surface area (Å²) in [7, 11) is -3.54. The summed E-state index contributed by atoms with van der Waals surface area (Å²) < 4.78 is 31.7. The summed E-state index contributed by atoms with van der Waals surface area (Å²) in [6.45, 7) is 2.84. The normalized spacial score (nSPS) is 23.2. The fourth-order valence-corrected chi connectivity index (χ4v) is 4.42. The molecule has 0 bridgehead atoms. The molecule has 0 spiro atoms. The van der Waals surface area contributed by atoms with E-state index in [0.29, 0.717) is 38.7 Å². The molecule has 2 aliphatic rings. The van der Waals surface area contributed by atoms with E-state index in [0.717, 1.165) is 19.4 Å². The summed E-state index contributed by atoms with van der Waals surface area (Å²) in [6.07, 6.45) is 3.03. The predicted molar refractivity (Wildman–Crippen MR) is 87.9 cm³/mol. The van der Waals surface area contributed by atoms with Crippen LogP contribution in [0.3, 0.4) is 0 Å². The minimum atomic E-state index is -3.54. The molecule has 2 aliphatic heterocycles. The predicted octanol–water partition coefficient (Wildman–Crippen LogP) is -0.196. The van der Waals surface area contributed by atoms with Crippen LogP contribution in [0, 0.1) is 5.92 Å². The van der Waals surface area contributed by atoms with Gasteiger partial charge in [0.1, 0.15) is 10.7 Å². The van der Waals surface area contributed by atoms with Crippen LogP contribution in [0.5, 0.6) is 0 Å². The highest BCUT2D eigenvalue weighted by Gasteiger charge is 2.28. The number of morpholine rings is 1. The molecule has 3 heterocycles. The number of aromatic nitrogens is 1. The van der Waals surface area contributed by atoms with Gasteiger partial charge < -0.3 is 15.4 Å². The zero-order valence-corrected chi connectivity index (χ0v) is 14.2. The SMILES string of the molecule is NC(=O)[C@@H]1CCCN(c2ccc(S(=O)(=O)N3CCOCC3)cn2)C1. The second kappa shape index (κ2) is 7.04. The first kappa shape index (κ1) is 17.1. The monoisotopic (exact) mass is 354 g/mol. The third-order valence-corrected chi connectivity index (χ3v) is 6.36. The number of anilines is 1. The van der Waals surface area contributed by atoms with Crippen molar-refractivity contribution >= 4 is 21.7 Å². The average Bonchev–Trinajstić information content (AvgIpc) is 2.62. The van der Waals surface area contributed by atoms with E-state index in [9.17, 15) is 13.2 Å². The minimum Gasteiger partial charge on any atom is -0.379 e. The van der Waals surface area contributed by atoms with Gasteiger partial charge in [-0.15, -0.1) is 0 Å². The molecular formula is C15H22N4O4S. The number of nitrogens with zero attached hydrogens (tertiary/aromatic N) is 3. The lowest BCUT2D eigenvalue weighted by molar-refractivity contribution is -0.122. The highest BCUT2D eigenvalue weighted by Crippen LogP contribution is 2.23. The maximum absolute atomic E-state index is 12.6. The molecule has 2 N–H and O–H groups in total. The Morgan fingerprint density at radius 1 is 1.25 bits per heavy atom. The molecule has 9 heteroatoms. The number of rotatable bonds is 4. The molecule has 1 amide bonds. The molecular weight excluding hydrogens is 332 g/mol. The summed E-state index contributed by atoms with van der Waals surface area (Å²) in [5.41, 5.74) is 5.39. The molecule has 1 aromatic rings. The van der Waals surface area contributed by atoms with Crippen molar-refractivity contribution < 1.29 is 17.9 Å². The second-order valence-electron chi connectivity index (χ2n) is 6.06. The minimum absolute atomic E-state index is 0.177. The summed E-state index contributed by atoms with van der Waals surface area (Å²) in [4.78, 5) is 17.8. The fourth-order valence-electron chi connectivity index (χ4n) is 3.07. The molecule has 2 saturated heterocycles. The Morgan fingerprint density at radius 2 is 2.00 bits per heavy atom. The van der Waals surface area contributed by atoms with Gasteiger partial charge in [-0.1, -0.05) is 0 Å². The van der Waals surface area contributed by atoms with E-state index in [4.69, 9.17) is 10.5 Å². The number of sulfonamides is 1. The number of primary amides is 1. The summed E-state index contributed by atoms with van der Waals surface area (Å²) in [5.74, 6) is 0.186. The Hall–Kier alpha value is -1.71. The van der Waals surface area contributed by atoms with Crippen LogP contribution in [0.25, 0.3) is 0 Å². The maximum atomic E-state index is 12.6. The Bertz CT molecular complexity index is 686.